The molecule has 3 rings (SSSR count). The Morgan fingerprint density at radius 2 is 1.67 bits per heavy atom. The molecule has 1 fully saturated rings. The van der Waals surface area contributed by atoms with Gasteiger partial charge in [-0.1, -0.05) is 48.5 Å². The number of hydrogen-bond acceptors (Lipinski definition) is 3. The first-order valence-corrected chi connectivity index (χ1v) is 8.00. The molecule has 1 aliphatic heterocycles. The second-order valence-electron chi connectivity index (χ2n) is 5.89. The number of carbonyl (C=O) groups is 2. The lowest BCUT2D eigenvalue weighted by molar-refractivity contribution is -0.138. The van der Waals surface area contributed by atoms with Gasteiger partial charge in [0, 0.05) is 18.7 Å². The lowest BCUT2D eigenvalue weighted by atomic mass is 10.1. The number of likely N-dealkylation sites (tertiary alicyclic amines) is 1. The molecule has 0 saturated carbocycles. The number of carbonyl (C=O) groups excluding carboxylic acids is 2. The minimum atomic E-state index is -0.736. The molecule has 24 heavy (non-hydrogen) atoms. The Hall–Kier alpha value is -2.82. The van der Waals surface area contributed by atoms with Gasteiger partial charge in [-0.05, 0) is 18.6 Å². The Balaban J connectivity index is 1.82. The van der Waals surface area contributed by atoms with E-state index >= 15 is 0 Å². The predicted molar refractivity (Wildman–Crippen MR) is 90.1 cm³/mol. The summed E-state index contributed by atoms with van der Waals surface area (Å²) in [5.74, 6) is -0.146. The molecule has 1 heterocycles. The number of ether oxygens (including phenoxy) is 1. The standard InChI is InChI=1S/C19H20N2O3/c20-18(22)15-11-12-21(13-15)19(23)17(14-7-3-1-4-8-14)24-16-9-5-2-6-10-16/h1-10,15,17H,11-13H2,(H2,20,22)/t15-,17-/m0/s1. The molecule has 2 aromatic carbocycles. The average molecular weight is 324 g/mol. The number of primary amides is 1. The molecule has 0 bridgehead atoms. The van der Waals surface area contributed by atoms with Crippen molar-refractivity contribution in [2.45, 2.75) is 12.5 Å². The van der Waals surface area contributed by atoms with Crippen LogP contribution in [-0.2, 0) is 9.59 Å². The third-order valence-corrected chi connectivity index (χ3v) is 4.23. The van der Waals surface area contributed by atoms with Crippen molar-refractivity contribution >= 4 is 11.8 Å². The number of para-hydroxylation sites is 1. The van der Waals surface area contributed by atoms with Crippen LogP contribution in [0.3, 0.4) is 0 Å². The van der Waals surface area contributed by atoms with E-state index in [9.17, 15) is 9.59 Å². The zero-order chi connectivity index (χ0) is 16.9. The van der Waals surface area contributed by atoms with E-state index in [0.717, 1.165) is 5.56 Å². The fourth-order valence-corrected chi connectivity index (χ4v) is 2.88. The van der Waals surface area contributed by atoms with E-state index in [0.29, 0.717) is 25.3 Å². The molecule has 5 heteroatoms. The maximum Gasteiger partial charge on any atom is 0.268 e. The maximum absolute atomic E-state index is 13.0. The van der Waals surface area contributed by atoms with Crippen molar-refractivity contribution in [1.29, 1.82) is 0 Å². The van der Waals surface area contributed by atoms with E-state index in [1.54, 1.807) is 4.90 Å². The van der Waals surface area contributed by atoms with Crippen molar-refractivity contribution in [3.8, 4) is 5.75 Å². The van der Waals surface area contributed by atoms with Crippen molar-refractivity contribution < 1.29 is 14.3 Å². The number of rotatable bonds is 5. The van der Waals surface area contributed by atoms with Crippen molar-refractivity contribution in [2.75, 3.05) is 13.1 Å². The molecule has 1 saturated heterocycles. The highest BCUT2D eigenvalue weighted by atomic mass is 16.5. The highest BCUT2D eigenvalue weighted by Crippen LogP contribution is 2.26. The summed E-state index contributed by atoms with van der Waals surface area (Å²) in [5, 5.41) is 0. The molecule has 0 aliphatic carbocycles. The first kappa shape index (κ1) is 16.1. The largest absolute Gasteiger partial charge is 0.476 e. The Morgan fingerprint density at radius 1 is 1.04 bits per heavy atom. The van der Waals surface area contributed by atoms with Gasteiger partial charge in [-0.2, -0.15) is 0 Å². The van der Waals surface area contributed by atoms with Crippen molar-refractivity contribution in [3.63, 3.8) is 0 Å². The van der Waals surface area contributed by atoms with Crippen LogP contribution >= 0.6 is 0 Å². The third kappa shape index (κ3) is 3.56. The van der Waals surface area contributed by atoms with E-state index in [-0.39, 0.29) is 17.7 Å². The molecule has 0 spiro atoms. The summed E-state index contributed by atoms with van der Waals surface area (Å²) >= 11 is 0. The summed E-state index contributed by atoms with van der Waals surface area (Å²) in [5.41, 5.74) is 6.15. The van der Waals surface area contributed by atoms with Crippen LogP contribution in [-0.4, -0.2) is 29.8 Å². The van der Waals surface area contributed by atoms with Crippen molar-refractivity contribution in [1.82, 2.24) is 4.90 Å². The normalized spacial score (nSPS) is 18.2. The lowest BCUT2D eigenvalue weighted by Crippen LogP contribution is -2.37. The SMILES string of the molecule is NC(=O)[C@H]1CCN(C(=O)[C@@H](Oc2ccccc2)c2ccccc2)C1. The van der Waals surface area contributed by atoms with Crippen LogP contribution < -0.4 is 10.5 Å². The van der Waals surface area contributed by atoms with Crippen LogP contribution in [0.5, 0.6) is 5.75 Å². The Morgan fingerprint density at radius 3 is 2.25 bits per heavy atom. The van der Waals surface area contributed by atoms with Crippen molar-refractivity contribution in [3.05, 3.63) is 66.2 Å². The predicted octanol–water partition coefficient (Wildman–Crippen LogP) is 2.14. The van der Waals surface area contributed by atoms with Gasteiger partial charge in [0.1, 0.15) is 5.75 Å². The Labute approximate surface area is 141 Å². The molecule has 0 radical (unpaired) electrons. The molecule has 0 unspecified atom stereocenters. The monoisotopic (exact) mass is 324 g/mol. The fourth-order valence-electron chi connectivity index (χ4n) is 2.88. The highest BCUT2D eigenvalue weighted by Gasteiger charge is 2.34. The topological polar surface area (TPSA) is 72.6 Å². The second-order valence-corrected chi connectivity index (χ2v) is 5.89. The van der Waals surface area contributed by atoms with E-state index in [2.05, 4.69) is 0 Å². The number of benzene rings is 2. The molecule has 1 aliphatic rings. The fraction of sp³-hybridized carbons (Fsp3) is 0.263. The van der Waals surface area contributed by atoms with Gasteiger partial charge in [-0.25, -0.2) is 0 Å². The molecule has 0 aromatic heterocycles. The minimum absolute atomic E-state index is 0.145. The lowest BCUT2D eigenvalue weighted by Gasteiger charge is -2.24. The van der Waals surface area contributed by atoms with Crippen LogP contribution in [0.25, 0.3) is 0 Å². The molecule has 5 nitrogen and oxygen atoms in total. The summed E-state index contributed by atoms with van der Waals surface area (Å²) in [6, 6.07) is 18.6. The Bertz CT molecular complexity index is 703. The van der Waals surface area contributed by atoms with Crippen LogP contribution in [0.15, 0.2) is 60.7 Å². The van der Waals surface area contributed by atoms with Crippen LogP contribution in [0.1, 0.15) is 18.1 Å². The number of nitrogens with two attached hydrogens (primary N) is 1. The third-order valence-electron chi connectivity index (χ3n) is 4.23. The zero-order valence-corrected chi connectivity index (χ0v) is 13.3. The van der Waals surface area contributed by atoms with Gasteiger partial charge in [-0.15, -0.1) is 0 Å². The van der Waals surface area contributed by atoms with Gasteiger partial charge in [0.25, 0.3) is 5.91 Å². The highest BCUT2D eigenvalue weighted by molar-refractivity contribution is 5.85. The van der Waals surface area contributed by atoms with Gasteiger partial charge < -0.3 is 15.4 Å². The summed E-state index contributed by atoms with van der Waals surface area (Å²) in [7, 11) is 0. The van der Waals surface area contributed by atoms with Gasteiger partial charge in [0.2, 0.25) is 12.0 Å². The van der Waals surface area contributed by atoms with Gasteiger partial charge in [0.05, 0.1) is 5.92 Å². The van der Waals surface area contributed by atoms with Crippen LogP contribution in [0.2, 0.25) is 0 Å². The quantitative estimate of drug-likeness (QED) is 0.916. The molecule has 2 atom stereocenters. The van der Waals surface area contributed by atoms with E-state index in [1.165, 1.54) is 0 Å². The maximum atomic E-state index is 13.0. The van der Waals surface area contributed by atoms with Gasteiger partial charge >= 0.3 is 0 Å². The van der Waals surface area contributed by atoms with Crippen molar-refractivity contribution in [2.24, 2.45) is 11.7 Å². The number of nitrogens with zero attached hydrogens (tertiary/aromatic N) is 1. The summed E-state index contributed by atoms with van der Waals surface area (Å²) < 4.78 is 5.96. The molecule has 2 N–H and O–H groups in total. The van der Waals surface area contributed by atoms with E-state index in [1.807, 2.05) is 60.7 Å². The van der Waals surface area contributed by atoms with Crippen LogP contribution in [0, 0.1) is 5.92 Å². The first-order valence-electron chi connectivity index (χ1n) is 8.00. The second kappa shape index (κ2) is 7.17. The Kier molecular flexibility index (Phi) is 4.79. The number of amides is 2. The minimum Gasteiger partial charge on any atom is -0.476 e. The first-order chi connectivity index (χ1) is 11.6. The summed E-state index contributed by atoms with van der Waals surface area (Å²) in [6.07, 6.45) is -0.131. The molecular formula is C19H20N2O3. The average Bonchev–Trinajstić information content (AvgIpc) is 3.11. The molecule has 2 amide bonds. The zero-order valence-electron chi connectivity index (χ0n) is 13.3. The molecular weight excluding hydrogens is 304 g/mol. The van der Waals surface area contributed by atoms with Gasteiger partial charge in [-0.3, -0.25) is 9.59 Å². The van der Waals surface area contributed by atoms with Crippen LogP contribution in [0.4, 0.5) is 0 Å². The summed E-state index contributed by atoms with van der Waals surface area (Å²) in [4.78, 5) is 26.0. The van der Waals surface area contributed by atoms with E-state index < -0.39 is 6.10 Å². The molecule has 2 aromatic rings. The number of hydrogen-bond donors (Lipinski definition) is 1. The summed E-state index contributed by atoms with van der Waals surface area (Å²) in [6.45, 7) is 0.879. The smallest absolute Gasteiger partial charge is 0.268 e. The molecule has 124 valence electrons. The van der Waals surface area contributed by atoms with Gasteiger partial charge in [0.15, 0.2) is 0 Å². The van der Waals surface area contributed by atoms with E-state index in [4.69, 9.17) is 10.5 Å².